The maximum atomic E-state index is 12.1. The van der Waals surface area contributed by atoms with Crippen LogP contribution in [0.5, 0.6) is 0 Å². The highest BCUT2D eigenvalue weighted by Crippen LogP contribution is 2.30. The topological polar surface area (TPSA) is 54.1 Å². The van der Waals surface area contributed by atoms with Crippen LogP contribution in [0.25, 0.3) is 10.9 Å². The molecule has 0 aliphatic heterocycles. The lowest BCUT2D eigenvalue weighted by molar-refractivity contribution is -0.0589. The van der Waals surface area contributed by atoms with Gasteiger partial charge in [-0.25, -0.2) is 5.48 Å². The first kappa shape index (κ1) is 14.6. The van der Waals surface area contributed by atoms with Gasteiger partial charge in [-0.2, -0.15) is 0 Å². The van der Waals surface area contributed by atoms with Gasteiger partial charge in [0.1, 0.15) is 0 Å². The monoisotopic (exact) mass is 388 g/mol. The number of benzene rings is 1. The zero-order chi connectivity index (χ0) is 14.2. The Hall–Kier alpha value is -0.850. The summed E-state index contributed by atoms with van der Waals surface area (Å²) in [6, 6.07) is 3.81. The van der Waals surface area contributed by atoms with Gasteiger partial charge in [-0.1, -0.05) is 0 Å². The molecule has 0 spiro atoms. The summed E-state index contributed by atoms with van der Waals surface area (Å²) in [4.78, 5) is 20.4. The van der Waals surface area contributed by atoms with E-state index in [0.717, 1.165) is 19.8 Å². The molecular weight excluding hydrogens is 376 g/mol. The third kappa shape index (κ3) is 3.38. The highest BCUT2D eigenvalue weighted by atomic mass is 79.9. The van der Waals surface area contributed by atoms with Gasteiger partial charge in [-0.15, -0.1) is 0 Å². The average Bonchev–Trinajstić information content (AvgIpc) is 2.69. The molecule has 0 unspecified atom stereocenters. The largest absolute Gasteiger partial charge is 0.360 e. The second-order valence-electron chi connectivity index (χ2n) is 5.16. The summed E-state index contributed by atoms with van der Waals surface area (Å²) < 4.78 is 1.82. The van der Waals surface area contributed by atoms with E-state index in [1.807, 2.05) is 32.9 Å². The van der Waals surface area contributed by atoms with Gasteiger partial charge in [0.15, 0.2) is 0 Å². The number of amides is 1. The van der Waals surface area contributed by atoms with E-state index in [9.17, 15) is 4.79 Å². The second-order valence-corrected chi connectivity index (χ2v) is 6.87. The van der Waals surface area contributed by atoms with Crippen molar-refractivity contribution in [3.8, 4) is 0 Å². The number of hydrogen-bond acceptors (Lipinski definition) is 2. The van der Waals surface area contributed by atoms with E-state index >= 15 is 0 Å². The van der Waals surface area contributed by atoms with Crippen LogP contribution in [-0.4, -0.2) is 16.5 Å². The van der Waals surface area contributed by atoms with E-state index in [4.69, 9.17) is 4.84 Å². The minimum atomic E-state index is -0.425. The lowest BCUT2D eigenvalue weighted by Crippen LogP contribution is -2.33. The highest BCUT2D eigenvalue weighted by Gasteiger charge is 2.17. The first-order valence-electron chi connectivity index (χ1n) is 5.72. The van der Waals surface area contributed by atoms with Gasteiger partial charge < -0.3 is 4.98 Å². The van der Waals surface area contributed by atoms with E-state index in [-0.39, 0.29) is 5.91 Å². The summed E-state index contributed by atoms with van der Waals surface area (Å²) in [5, 5.41) is 0.838. The van der Waals surface area contributed by atoms with Crippen molar-refractivity contribution >= 4 is 48.7 Å². The number of carbonyl (C=O) groups is 1. The molecule has 1 aromatic carbocycles. The first-order chi connectivity index (χ1) is 8.78. The molecule has 19 heavy (non-hydrogen) atoms. The summed E-state index contributed by atoms with van der Waals surface area (Å²) in [6.07, 6.45) is 1.67. The van der Waals surface area contributed by atoms with E-state index in [1.54, 1.807) is 6.20 Å². The van der Waals surface area contributed by atoms with Gasteiger partial charge in [-0.05, 0) is 64.8 Å². The van der Waals surface area contributed by atoms with Crippen LogP contribution in [0, 0.1) is 0 Å². The Morgan fingerprint density at radius 1 is 1.26 bits per heavy atom. The number of fused-ring (bicyclic) bond motifs is 1. The van der Waals surface area contributed by atoms with Crippen molar-refractivity contribution < 1.29 is 9.63 Å². The molecule has 6 heteroatoms. The van der Waals surface area contributed by atoms with E-state index in [1.165, 1.54) is 0 Å². The van der Waals surface area contributed by atoms with Crippen LogP contribution in [0.15, 0.2) is 27.3 Å². The first-order valence-corrected chi connectivity index (χ1v) is 7.31. The molecular formula is C13H14Br2N2O2. The van der Waals surface area contributed by atoms with Gasteiger partial charge >= 0.3 is 0 Å². The van der Waals surface area contributed by atoms with Crippen molar-refractivity contribution in [1.82, 2.24) is 10.5 Å². The van der Waals surface area contributed by atoms with Crippen LogP contribution in [0.4, 0.5) is 0 Å². The molecule has 0 saturated heterocycles. The molecule has 0 aliphatic rings. The van der Waals surface area contributed by atoms with Gasteiger partial charge in [0, 0.05) is 26.0 Å². The molecule has 0 atom stereocenters. The highest BCUT2D eigenvalue weighted by molar-refractivity contribution is 9.13. The van der Waals surface area contributed by atoms with Crippen LogP contribution in [0.1, 0.15) is 31.1 Å². The third-order valence-corrected chi connectivity index (χ3v) is 4.26. The molecule has 0 fully saturated rings. The van der Waals surface area contributed by atoms with Crippen molar-refractivity contribution in [3.63, 3.8) is 0 Å². The Bertz CT molecular complexity index is 629. The summed E-state index contributed by atoms with van der Waals surface area (Å²) in [7, 11) is 0. The number of carbonyl (C=O) groups excluding carboxylic acids is 1. The number of nitrogens with one attached hydrogen (secondary N) is 2. The summed E-state index contributed by atoms with van der Waals surface area (Å²) in [5.41, 5.74) is 3.47. The number of hydrogen-bond donors (Lipinski definition) is 2. The minimum Gasteiger partial charge on any atom is -0.360 e. The molecule has 2 aromatic rings. The molecule has 0 radical (unpaired) electrons. The molecule has 0 bridgehead atoms. The molecule has 0 saturated carbocycles. The van der Waals surface area contributed by atoms with Crippen LogP contribution >= 0.6 is 31.9 Å². The fraction of sp³-hybridized carbons (Fsp3) is 0.308. The van der Waals surface area contributed by atoms with Gasteiger partial charge in [0.05, 0.1) is 11.2 Å². The molecule has 2 N–H and O–H groups in total. The third-order valence-electron chi connectivity index (χ3n) is 2.42. The summed E-state index contributed by atoms with van der Waals surface area (Å²) in [5.74, 6) is -0.268. The van der Waals surface area contributed by atoms with Crippen molar-refractivity contribution in [3.05, 3.63) is 32.8 Å². The Labute approximate surface area is 128 Å². The van der Waals surface area contributed by atoms with Crippen molar-refractivity contribution in [2.24, 2.45) is 0 Å². The standard InChI is InChI=1S/C13H14Br2N2O2/c1-13(2,3)19-17-12(18)8-6-16-11-5-10(15)9(14)4-7(8)11/h4-6,16H,1-3H3,(H,17,18). The lowest BCUT2D eigenvalue weighted by Gasteiger charge is -2.18. The molecule has 102 valence electrons. The maximum absolute atomic E-state index is 12.1. The molecule has 2 rings (SSSR count). The zero-order valence-corrected chi connectivity index (χ0v) is 14.0. The van der Waals surface area contributed by atoms with Crippen LogP contribution in [0.2, 0.25) is 0 Å². The smallest absolute Gasteiger partial charge is 0.277 e. The maximum Gasteiger partial charge on any atom is 0.277 e. The fourth-order valence-electron chi connectivity index (χ4n) is 1.56. The second kappa shape index (κ2) is 5.26. The Morgan fingerprint density at radius 2 is 1.89 bits per heavy atom. The summed E-state index contributed by atoms with van der Waals surface area (Å²) >= 11 is 6.86. The van der Waals surface area contributed by atoms with E-state index in [0.29, 0.717) is 5.56 Å². The fourth-order valence-corrected chi connectivity index (χ4v) is 2.25. The zero-order valence-electron chi connectivity index (χ0n) is 10.8. The number of H-pyrrole nitrogens is 1. The quantitative estimate of drug-likeness (QED) is 0.758. The van der Waals surface area contributed by atoms with Crippen LogP contribution in [-0.2, 0) is 4.84 Å². The average molecular weight is 390 g/mol. The molecule has 1 aromatic heterocycles. The Kier molecular flexibility index (Phi) is 4.03. The molecule has 4 nitrogen and oxygen atoms in total. The minimum absolute atomic E-state index is 0.268. The predicted molar refractivity (Wildman–Crippen MR) is 82.0 cm³/mol. The van der Waals surface area contributed by atoms with Crippen LogP contribution < -0.4 is 5.48 Å². The Balaban J connectivity index is 2.30. The SMILES string of the molecule is CC(C)(C)ONC(=O)c1c[nH]c2cc(Br)c(Br)cc12. The lowest BCUT2D eigenvalue weighted by atomic mass is 10.1. The normalized spacial score (nSPS) is 11.8. The van der Waals surface area contributed by atoms with Crippen molar-refractivity contribution in [2.45, 2.75) is 26.4 Å². The van der Waals surface area contributed by atoms with E-state index in [2.05, 4.69) is 42.3 Å². The van der Waals surface area contributed by atoms with Crippen molar-refractivity contribution in [2.75, 3.05) is 0 Å². The van der Waals surface area contributed by atoms with Gasteiger partial charge in [0.2, 0.25) is 0 Å². The molecule has 1 amide bonds. The Morgan fingerprint density at radius 3 is 2.53 bits per heavy atom. The molecule has 0 aliphatic carbocycles. The number of rotatable bonds is 2. The number of aromatic nitrogens is 1. The summed E-state index contributed by atoms with van der Waals surface area (Å²) in [6.45, 7) is 5.61. The molecule has 1 heterocycles. The number of hydroxylamine groups is 1. The van der Waals surface area contributed by atoms with E-state index < -0.39 is 5.60 Å². The van der Waals surface area contributed by atoms with Crippen LogP contribution in [0.3, 0.4) is 0 Å². The van der Waals surface area contributed by atoms with Crippen molar-refractivity contribution in [1.29, 1.82) is 0 Å². The predicted octanol–water partition coefficient (Wildman–Crippen LogP) is 4.15. The van der Waals surface area contributed by atoms with Gasteiger partial charge in [-0.3, -0.25) is 9.63 Å². The number of aromatic amines is 1. The number of halogens is 2. The van der Waals surface area contributed by atoms with Gasteiger partial charge in [0.25, 0.3) is 5.91 Å².